The fraction of sp³-hybridized carbons (Fsp3) is 0.750. The maximum absolute atomic E-state index is 13.0. The summed E-state index contributed by atoms with van der Waals surface area (Å²) >= 11 is 0. The Hall–Kier alpha value is -1.60. The number of nitrogens with one attached hydrogen (secondary N) is 2. The number of carbonyl (C=O) groups is 2. The molecule has 92 valence electrons. The number of carboxylic acid groups (broad SMARTS) is 2. The van der Waals surface area contributed by atoms with Gasteiger partial charge in [-0.25, -0.2) is 18.4 Å². The van der Waals surface area contributed by atoms with E-state index in [0.717, 1.165) is 0 Å². The van der Waals surface area contributed by atoms with Crippen LogP contribution in [-0.2, 0) is 0 Å². The van der Waals surface area contributed by atoms with Gasteiger partial charge in [0.15, 0.2) is 0 Å². The van der Waals surface area contributed by atoms with E-state index in [-0.39, 0.29) is 6.42 Å². The van der Waals surface area contributed by atoms with Crippen molar-refractivity contribution in [3.63, 3.8) is 0 Å². The van der Waals surface area contributed by atoms with E-state index in [0.29, 0.717) is 0 Å². The second-order valence-corrected chi connectivity index (χ2v) is 3.71. The average Bonchev–Trinajstić information content (AvgIpc) is 2.07. The van der Waals surface area contributed by atoms with Crippen molar-refractivity contribution in [2.45, 2.75) is 37.3 Å². The van der Waals surface area contributed by atoms with Crippen molar-refractivity contribution in [2.24, 2.45) is 0 Å². The lowest BCUT2D eigenvalue weighted by molar-refractivity contribution is -0.0505. The van der Waals surface area contributed by atoms with E-state index in [1.807, 2.05) is 10.6 Å². The van der Waals surface area contributed by atoms with E-state index in [1.165, 1.54) is 0 Å². The summed E-state index contributed by atoms with van der Waals surface area (Å²) in [6, 6.07) is -1.91. The zero-order chi connectivity index (χ0) is 12.3. The quantitative estimate of drug-likeness (QED) is 0.578. The van der Waals surface area contributed by atoms with E-state index >= 15 is 0 Å². The molecule has 16 heavy (non-hydrogen) atoms. The van der Waals surface area contributed by atoms with Crippen LogP contribution >= 0.6 is 0 Å². The summed E-state index contributed by atoms with van der Waals surface area (Å²) in [6.07, 6.45) is -4.03. The molecule has 4 N–H and O–H groups in total. The fourth-order valence-corrected chi connectivity index (χ4v) is 1.78. The summed E-state index contributed by atoms with van der Waals surface area (Å²) in [7, 11) is 0. The van der Waals surface area contributed by atoms with Crippen molar-refractivity contribution in [3.8, 4) is 0 Å². The third-order valence-electron chi connectivity index (χ3n) is 2.44. The van der Waals surface area contributed by atoms with Crippen LogP contribution in [0.1, 0.15) is 19.3 Å². The van der Waals surface area contributed by atoms with Crippen molar-refractivity contribution in [3.05, 3.63) is 0 Å². The zero-order valence-corrected chi connectivity index (χ0v) is 8.24. The van der Waals surface area contributed by atoms with Gasteiger partial charge in [0, 0.05) is 12.8 Å². The molecule has 0 heterocycles. The van der Waals surface area contributed by atoms with Gasteiger partial charge >= 0.3 is 12.2 Å². The number of hydrogen-bond acceptors (Lipinski definition) is 2. The van der Waals surface area contributed by atoms with Gasteiger partial charge in [0.25, 0.3) is 0 Å². The molecular formula is C8H12F2N2O4. The largest absolute Gasteiger partial charge is 0.465 e. The van der Waals surface area contributed by atoms with E-state index < -0.39 is 43.0 Å². The van der Waals surface area contributed by atoms with Crippen LogP contribution in [0.3, 0.4) is 0 Å². The van der Waals surface area contributed by atoms with E-state index in [1.54, 1.807) is 0 Å². The maximum atomic E-state index is 13.0. The highest BCUT2D eigenvalue weighted by atomic mass is 19.3. The summed E-state index contributed by atoms with van der Waals surface area (Å²) in [5, 5.41) is 20.9. The molecule has 0 saturated heterocycles. The zero-order valence-electron chi connectivity index (χ0n) is 8.24. The number of rotatable bonds is 2. The van der Waals surface area contributed by atoms with Gasteiger partial charge < -0.3 is 20.8 Å². The molecule has 0 aromatic heterocycles. The topological polar surface area (TPSA) is 98.7 Å². The monoisotopic (exact) mass is 238 g/mol. The first-order chi connectivity index (χ1) is 7.30. The van der Waals surface area contributed by atoms with Crippen molar-refractivity contribution < 1.29 is 28.6 Å². The van der Waals surface area contributed by atoms with Crippen LogP contribution < -0.4 is 10.6 Å². The lowest BCUT2D eigenvalue weighted by atomic mass is 9.87. The van der Waals surface area contributed by atoms with Crippen LogP contribution in [0.15, 0.2) is 0 Å². The molecule has 0 radical (unpaired) electrons. The summed E-state index contributed by atoms with van der Waals surface area (Å²) in [4.78, 5) is 20.8. The van der Waals surface area contributed by atoms with Crippen molar-refractivity contribution in [1.82, 2.24) is 10.6 Å². The molecule has 6 nitrogen and oxygen atoms in total. The maximum Gasteiger partial charge on any atom is 0.404 e. The third-order valence-corrected chi connectivity index (χ3v) is 2.44. The second kappa shape index (κ2) is 4.50. The third kappa shape index (κ3) is 3.52. The molecule has 0 unspecified atom stereocenters. The van der Waals surface area contributed by atoms with Crippen LogP contribution in [0.25, 0.3) is 0 Å². The molecule has 2 atom stereocenters. The average molecular weight is 238 g/mol. The van der Waals surface area contributed by atoms with E-state index in [9.17, 15) is 18.4 Å². The molecule has 1 saturated carbocycles. The molecule has 1 rings (SSSR count). The minimum absolute atomic E-state index is 0.0930. The normalized spacial score (nSPS) is 28.1. The van der Waals surface area contributed by atoms with Gasteiger partial charge in [0.1, 0.15) is 0 Å². The molecule has 8 heteroatoms. The molecule has 0 spiro atoms. The standard InChI is InChI=1S/C8H12F2N2O4/c9-8(10)2-1-4(11-6(13)14)5(3-8)12-7(15)16/h4-5,11-12H,1-3H2,(H,13,14)(H,15,16)/t4-,5-/m1/s1. The lowest BCUT2D eigenvalue weighted by Gasteiger charge is -2.35. The Morgan fingerprint density at radius 1 is 1.12 bits per heavy atom. The summed E-state index contributed by atoms with van der Waals surface area (Å²) in [5.41, 5.74) is 0. The minimum atomic E-state index is -2.95. The van der Waals surface area contributed by atoms with Gasteiger partial charge in [-0.05, 0) is 6.42 Å². The van der Waals surface area contributed by atoms with Gasteiger partial charge in [0.2, 0.25) is 5.92 Å². The van der Waals surface area contributed by atoms with Crippen LogP contribution in [0.5, 0.6) is 0 Å². The second-order valence-electron chi connectivity index (χ2n) is 3.71. The van der Waals surface area contributed by atoms with Crippen LogP contribution in [0, 0.1) is 0 Å². The number of alkyl halides is 2. The molecule has 0 aliphatic heterocycles. The van der Waals surface area contributed by atoms with Gasteiger partial charge in [-0.1, -0.05) is 0 Å². The van der Waals surface area contributed by atoms with Gasteiger partial charge in [-0.2, -0.15) is 0 Å². The van der Waals surface area contributed by atoms with Crippen LogP contribution in [0.4, 0.5) is 18.4 Å². The van der Waals surface area contributed by atoms with Crippen LogP contribution in [0.2, 0.25) is 0 Å². The van der Waals surface area contributed by atoms with E-state index in [2.05, 4.69) is 0 Å². The first-order valence-corrected chi connectivity index (χ1v) is 4.67. The molecule has 1 aliphatic carbocycles. The SMILES string of the molecule is O=C(O)N[C@@H]1CCC(F)(F)C[C@H]1NC(=O)O. The molecule has 0 aromatic rings. The van der Waals surface area contributed by atoms with Gasteiger partial charge in [-0.15, -0.1) is 0 Å². The molecule has 0 aromatic carbocycles. The molecule has 0 bridgehead atoms. The number of hydrogen-bond donors (Lipinski definition) is 4. The molecule has 1 aliphatic rings. The van der Waals surface area contributed by atoms with E-state index in [4.69, 9.17) is 10.2 Å². The lowest BCUT2D eigenvalue weighted by Crippen LogP contribution is -2.56. The molecule has 1 fully saturated rings. The first-order valence-electron chi connectivity index (χ1n) is 4.67. The Bertz CT molecular complexity index is 298. The highest BCUT2D eigenvalue weighted by molar-refractivity contribution is 5.67. The predicted molar refractivity (Wildman–Crippen MR) is 48.7 cm³/mol. The smallest absolute Gasteiger partial charge is 0.404 e. The van der Waals surface area contributed by atoms with Gasteiger partial charge in [-0.3, -0.25) is 0 Å². The van der Waals surface area contributed by atoms with Crippen molar-refractivity contribution in [1.29, 1.82) is 0 Å². The summed E-state index contributed by atoms with van der Waals surface area (Å²) in [5.74, 6) is -2.95. The van der Waals surface area contributed by atoms with Gasteiger partial charge in [0.05, 0.1) is 12.1 Å². The summed E-state index contributed by atoms with van der Waals surface area (Å²) < 4.78 is 26.0. The molecular weight excluding hydrogens is 226 g/mol. The highest BCUT2D eigenvalue weighted by Gasteiger charge is 2.42. The Morgan fingerprint density at radius 2 is 1.62 bits per heavy atom. The van der Waals surface area contributed by atoms with Crippen molar-refractivity contribution in [2.75, 3.05) is 0 Å². The van der Waals surface area contributed by atoms with Crippen LogP contribution in [-0.4, -0.2) is 40.4 Å². The Morgan fingerprint density at radius 3 is 2.12 bits per heavy atom. The highest BCUT2D eigenvalue weighted by Crippen LogP contribution is 2.33. The number of halogens is 2. The Labute approximate surface area is 89.6 Å². The first kappa shape index (κ1) is 12.5. The van der Waals surface area contributed by atoms with Crippen molar-refractivity contribution >= 4 is 12.2 Å². The minimum Gasteiger partial charge on any atom is -0.465 e. The fourth-order valence-electron chi connectivity index (χ4n) is 1.78. The Balaban J connectivity index is 2.67. The Kier molecular flexibility index (Phi) is 3.51. The summed E-state index contributed by atoms with van der Waals surface area (Å²) in [6.45, 7) is 0. The molecule has 2 amide bonds. The number of amides is 2. The predicted octanol–water partition coefficient (Wildman–Crippen LogP) is 1.08.